The van der Waals surface area contributed by atoms with Gasteiger partial charge in [-0.15, -0.1) is 13.2 Å². The van der Waals surface area contributed by atoms with E-state index in [0.717, 1.165) is 11.1 Å². The zero-order chi connectivity index (χ0) is 18.9. The second-order valence-electron chi connectivity index (χ2n) is 5.64. The fourth-order valence-electron chi connectivity index (χ4n) is 1.63. The fourth-order valence-corrected chi connectivity index (χ4v) is 1.63. The van der Waals surface area contributed by atoms with Gasteiger partial charge in [0.2, 0.25) is 0 Å². The molecule has 0 saturated heterocycles. The van der Waals surface area contributed by atoms with Crippen LogP contribution < -0.4 is 0 Å². The van der Waals surface area contributed by atoms with Crippen molar-refractivity contribution in [2.75, 3.05) is 6.61 Å². The molecule has 1 aromatic rings. The molecule has 0 bridgehead atoms. The molecule has 1 aromatic heterocycles. The van der Waals surface area contributed by atoms with Gasteiger partial charge in [-0.05, 0) is 37.0 Å². The number of halogens is 3. The molecule has 6 heteroatoms. The summed E-state index contributed by atoms with van der Waals surface area (Å²) in [6.45, 7) is 14.0. The molecule has 0 aromatic carbocycles. The minimum Gasteiger partial charge on any atom is -0.466 e. The predicted molar refractivity (Wildman–Crippen MR) is 88.5 cm³/mol. The van der Waals surface area contributed by atoms with Gasteiger partial charge in [0.05, 0.1) is 12.9 Å². The van der Waals surface area contributed by atoms with E-state index in [-0.39, 0.29) is 5.57 Å². The lowest BCUT2D eigenvalue weighted by atomic mass is 10.0. The molecule has 0 aliphatic carbocycles. The van der Waals surface area contributed by atoms with Crippen LogP contribution in [0.2, 0.25) is 0 Å². The van der Waals surface area contributed by atoms with E-state index in [1.165, 1.54) is 6.08 Å². The molecule has 0 fully saturated rings. The van der Waals surface area contributed by atoms with Crippen molar-refractivity contribution < 1.29 is 27.4 Å². The van der Waals surface area contributed by atoms with Crippen LogP contribution in [0.1, 0.15) is 51.0 Å². The monoisotopic (exact) mass is 346 g/mol. The summed E-state index contributed by atoms with van der Waals surface area (Å²) in [5.41, 5.74) is 2.09. The highest BCUT2D eigenvalue weighted by Crippen LogP contribution is 2.25. The number of ether oxygens (including phenoxy) is 1. The van der Waals surface area contributed by atoms with E-state index in [0.29, 0.717) is 11.7 Å². The van der Waals surface area contributed by atoms with Crippen LogP contribution >= 0.6 is 0 Å². The first-order chi connectivity index (χ1) is 10.9. The van der Waals surface area contributed by atoms with Crippen molar-refractivity contribution >= 4 is 0 Å². The van der Waals surface area contributed by atoms with E-state index in [1.54, 1.807) is 26.2 Å². The summed E-state index contributed by atoms with van der Waals surface area (Å²) < 4.78 is 43.2. The maximum absolute atomic E-state index is 11.5. The molecule has 0 amide bonds. The molecule has 1 N–H and O–H groups in total. The van der Waals surface area contributed by atoms with Crippen molar-refractivity contribution in [2.45, 2.75) is 46.1 Å². The Balaban J connectivity index is 0.000000446. The van der Waals surface area contributed by atoms with Crippen LogP contribution in [0.5, 0.6) is 0 Å². The van der Waals surface area contributed by atoms with E-state index in [1.807, 2.05) is 6.07 Å². The summed E-state index contributed by atoms with van der Waals surface area (Å²) in [4.78, 5) is 0. The Bertz CT molecular complexity index is 530. The molecule has 0 radical (unpaired) electrons. The standard InChI is InChI=1S/C9H11F3O.C9H14O2/c1-7(2)4-5-8(3)6-13-9(10,11)12;1-6(2)8-4-5-11-9(8)7(3)10/h4-5H,1,3,6H2,2H3;4-7,10H,1-3H3/b5-4-;. The first kappa shape index (κ1) is 22.2. The normalized spacial score (nSPS) is 12.9. The molecule has 1 unspecified atom stereocenters. The van der Waals surface area contributed by atoms with Gasteiger partial charge in [-0.1, -0.05) is 44.7 Å². The van der Waals surface area contributed by atoms with Crippen molar-refractivity contribution in [3.63, 3.8) is 0 Å². The summed E-state index contributed by atoms with van der Waals surface area (Å²) in [5, 5.41) is 9.25. The van der Waals surface area contributed by atoms with E-state index < -0.39 is 19.1 Å². The first-order valence-corrected chi connectivity index (χ1v) is 7.41. The molecule has 1 heterocycles. The number of aliphatic hydroxyl groups excluding tert-OH is 1. The average molecular weight is 346 g/mol. The summed E-state index contributed by atoms with van der Waals surface area (Å²) in [5.74, 6) is 1.11. The van der Waals surface area contributed by atoms with Crippen molar-refractivity contribution in [3.8, 4) is 0 Å². The smallest absolute Gasteiger partial charge is 0.466 e. The average Bonchev–Trinajstić information content (AvgIpc) is 2.92. The third-order valence-corrected chi connectivity index (χ3v) is 2.75. The SMILES string of the molecule is C=C(C)/C=C\C(=C)COC(F)(F)F.CC(C)c1ccoc1C(C)O. The Morgan fingerprint density at radius 3 is 2.25 bits per heavy atom. The fraction of sp³-hybridized carbons (Fsp3) is 0.444. The zero-order valence-corrected chi connectivity index (χ0v) is 14.5. The van der Waals surface area contributed by atoms with Crippen molar-refractivity contribution in [3.05, 3.63) is 60.1 Å². The van der Waals surface area contributed by atoms with Crippen LogP contribution in [0.4, 0.5) is 13.2 Å². The van der Waals surface area contributed by atoms with Crippen molar-refractivity contribution in [1.29, 1.82) is 0 Å². The highest BCUT2D eigenvalue weighted by molar-refractivity contribution is 5.23. The van der Waals surface area contributed by atoms with Gasteiger partial charge in [-0.2, -0.15) is 0 Å². The lowest BCUT2D eigenvalue weighted by molar-refractivity contribution is -0.320. The van der Waals surface area contributed by atoms with Crippen LogP contribution in [-0.2, 0) is 4.74 Å². The summed E-state index contributed by atoms with van der Waals surface area (Å²) in [7, 11) is 0. The number of aliphatic hydroxyl groups is 1. The Labute approximate surface area is 141 Å². The van der Waals surface area contributed by atoms with Gasteiger partial charge in [0.25, 0.3) is 0 Å². The van der Waals surface area contributed by atoms with Crippen LogP contribution in [-0.4, -0.2) is 18.1 Å². The number of rotatable bonds is 6. The van der Waals surface area contributed by atoms with Gasteiger partial charge in [0, 0.05) is 0 Å². The molecule has 0 aliphatic heterocycles. The maximum atomic E-state index is 11.5. The Kier molecular flexibility index (Phi) is 9.40. The van der Waals surface area contributed by atoms with Gasteiger partial charge >= 0.3 is 6.36 Å². The maximum Gasteiger partial charge on any atom is 0.522 e. The van der Waals surface area contributed by atoms with Crippen LogP contribution in [0.3, 0.4) is 0 Å². The second kappa shape index (κ2) is 10.2. The van der Waals surface area contributed by atoms with Gasteiger partial charge in [-0.25, -0.2) is 0 Å². The highest BCUT2D eigenvalue weighted by Gasteiger charge is 2.28. The topological polar surface area (TPSA) is 42.6 Å². The molecule has 0 aliphatic rings. The third-order valence-electron chi connectivity index (χ3n) is 2.75. The highest BCUT2D eigenvalue weighted by atomic mass is 19.4. The molecule has 3 nitrogen and oxygen atoms in total. The minimum atomic E-state index is -4.60. The Morgan fingerprint density at radius 1 is 1.29 bits per heavy atom. The number of hydrogen-bond acceptors (Lipinski definition) is 3. The molecule has 1 atom stereocenters. The molecule has 136 valence electrons. The summed E-state index contributed by atoms with van der Waals surface area (Å²) in [6, 6.07) is 1.91. The quantitative estimate of drug-likeness (QED) is 0.675. The van der Waals surface area contributed by atoms with E-state index in [9.17, 15) is 18.3 Å². The molecular weight excluding hydrogens is 321 g/mol. The lowest BCUT2D eigenvalue weighted by Gasteiger charge is -2.06. The first-order valence-electron chi connectivity index (χ1n) is 7.41. The van der Waals surface area contributed by atoms with Gasteiger partial charge in [0.15, 0.2) is 0 Å². The number of allylic oxidation sites excluding steroid dienone is 2. The second-order valence-corrected chi connectivity index (χ2v) is 5.64. The van der Waals surface area contributed by atoms with E-state index >= 15 is 0 Å². The molecule has 24 heavy (non-hydrogen) atoms. The minimum absolute atomic E-state index is 0.250. The molecule has 1 rings (SSSR count). The Hall–Kier alpha value is -1.79. The van der Waals surface area contributed by atoms with Crippen LogP contribution in [0.15, 0.2) is 53.2 Å². The largest absolute Gasteiger partial charge is 0.522 e. The van der Waals surface area contributed by atoms with Crippen LogP contribution in [0.25, 0.3) is 0 Å². The van der Waals surface area contributed by atoms with Crippen molar-refractivity contribution in [2.24, 2.45) is 0 Å². The van der Waals surface area contributed by atoms with E-state index in [4.69, 9.17) is 4.42 Å². The summed E-state index contributed by atoms with van der Waals surface area (Å²) in [6.07, 6.45) is -0.463. The van der Waals surface area contributed by atoms with E-state index in [2.05, 4.69) is 31.7 Å². The van der Waals surface area contributed by atoms with Crippen LogP contribution in [0, 0.1) is 0 Å². The summed E-state index contributed by atoms with van der Waals surface area (Å²) >= 11 is 0. The Morgan fingerprint density at radius 2 is 1.88 bits per heavy atom. The zero-order valence-electron chi connectivity index (χ0n) is 14.5. The third kappa shape index (κ3) is 10.1. The molecule has 0 saturated carbocycles. The van der Waals surface area contributed by atoms with Gasteiger partial charge in [-0.3, -0.25) is 4.74 Å². The number of alkyl halides is 3. The van der Waals surface area contributed by atoms with Gasteiger partial charge in [0.1, 0.15) is 11.9 Å². The molecular formula is C18H25F3O3. The number of furan rings is 1. The lowest BCUT2D eigenvalue weighted by Crippen LogP contribution is -2.14. The predicted octanol–water partition coefficient (Wildman–Crippen LogP) is 5.67. The molecule has 0 spiro atoms. The number of hydrogen-bond donors (Lipinski definition) is 1. The van der Waals surface area contributed by atoms with Gasteiger partial charge < -0.3 is 9.52 Å². The van der Waals surface area contributed by atoms with Crippen molar-refractivity contribution in [1.82, 2.24) is 0 Å².